The molecule has 0 saturated heterocycles. The second kappa shape index (κ2) is 6.87. The molecule has 2 rings (SSSR count). The monoisotopic (exact) mass is 323 g/mol. The molecule has 0 aliphatic heterocycles. The molecule has 0 aliphatic carbocycles. The van der Waals surface area contributed by atoms with Crippen molar-refractivity contribution in [1.29, 1.82) is 0 Å². The molecule has 0 atom stereocenters. The Labute approximate surface area is 120 Å². The Morgan fingerprint density at radius 1 is 1.17 bits per heavy atom. The van der Waals surface area contributed by atoms with Gasteiger partial charge < -0.3 is 5.32 Å². The van der Waals surface area contributed by atoms with E-state index in [9.17, 15) is 0 Å². The number of benzene rings is 1. The Morgan fingerprint density at radius 2 is 1.83 bits per heavy atom. The van der Waals surface area contributed by atoms with Crippen molar-refractivity contribution in [2.45, 2.75) is 17.2 Å². The van der Waals surface area contributed by atoms with Gasteiger partial charge in [-0.25, -0.2) is 9.97 Å². The fraction of sp³-hybridized carbons (Fsp3) is 0.231. The lowest BCUT2D eigenvalue weighted by atomic mass is 10.3. The first-order valence-electron chi connectivity index (χ1n) is 5.60. The van der Waals surface area contributed by atoms with Crippen LogP contribution >= 0.6 is 27.7 Å². The zero-order valence-electron chi connectivity index (χ0n) is 10.1. The topological polar surface area (TPSA) is 37.8 Å². The predicted molar refractivity (Wildman–Crippen MR) is 78.5 cm³/mol. The zero-order valence-corrected chi connectivity index (χ0v) is 12.5. The second-order valence-electron chi connectivity index (χ2n) is 3.78. The molecule has 0 unspecified atom stereocenters. The standard InChI is InChI=1S/C13H14BrN3S/c1-15-6-10-7-16-13(17-8-10)9-18-12-4-2-11(14)3-5-12/h2-5,7-8,15H,6,9H2,1H3. The minimum absolute atomic E-state index is 0.793. The van der Waals surface area contributed by atoms with Gasteiger partial charge in [0.2, 0.25) is 0 Å². The molecule has 1 heterocycles. The van der Waals surface area contributed by atoms with Gasteiger partial charge in [0.05, 0.1) is 5.75 Å². The molecule has 94 valence electrons. The van der Waals surface area contributed by atoms with Crippen LogP contribution in [0.25, 0.3) is 0 Å². The quantitative estimate of drug-likeness (QED) is 0.857. The van der Waals surface area contributed by atoms with Crippen LogP contribution in [0.4, 0.5) is 0 Å². The van der Waals surface area contributed by atoms with Crippen molar-refractivity contribution >= 4 is 27.7 Å². The highest BCUT2D eigenvalue weighted by molar-refractivity contribution is 9.10. The maximum Gasteiger partial charge on any atom is 0.138 e. The molecule has 0 saturated carbocycles. The molecule has 2 aromatic rings. The van der Waals surface area contributed by atoms with Gasteiger partial charge in [-0.05, 0) is 31.3 Å². The van der Waals surface area contributed by atoms with Crippen molar-refractivity contribution < 1.29 is 0 Å². The van der Waals surface area contributed by atoms with E-state index in [1.807, 2.05) is 31.6 Å². The number of thioether (sulfide) groups is 1. The van der Waals surface area contributed by atoms with Gasteiger partial charge in [0.15, 0.2) is 0 Å². The van der Waals surface area contributed by atoms with Crippen LogP contribution < -0.4 is 5.32 Å². The van der Waals surface area contributed by atoms with Crippen LogP contribution in [0.1, 0.15) is 11.4 Å². The number of rotatable bonds is 5. The van der Waals surface area contributed by atoms with Gasteiger partial charge in [0, 0.05) is 33.9 Å². The summed E-state index contributed by atoms with van der Waals surface area (Å²) in [5.41, 5.74) is 1.11. The third kappa shape index (κ3) is 4.08. The van der Waals surface area contributed by atoms with Gasteiger partial charge in [0.25, 0.3) is 0 Å². The molecule has 1 aromatic carbocycles. The van der Waals surface area contributed by atoms with Gasteiger partial charge >= 0.3 is 0 Å². The third-order valence-electron chi connectivity index (χ3n) is 2.32. The van der Waals surface area contributed by atoms with E-state index in [1.54, 1.807) is 11.8 Å². The molecule has 0 radical (unpaired) electrons. The summed E-state index contributed by atoms with van der Waals surface area (Å²) in [7, 11) is 1.91. The van der Waals surface area contributed by atoms with E-state index in [0.29, 0.717) is 0 Å². The Kier molecular flexibility index (Phi) is 5.16. The first kappa shape index (κ1) is 13.5. The minimum atomic E-state index is 0.793. The number of hydrogen-bond donors (Lipinski definition) is 1. The van der Waals surface area contributed by atoms with E-state index in [2.05, 4.69) is 43.3 Å². The Hall–Kier alpha value is -0.910. The van der Waals surface area contributed by atoms with Crippen LogP contribution in [0.5, 0.6) is 0 Å². The number of nitrogens with zero attached hydrogens (tertiary/aromatic N) is 2. The molecule has 0 bridgehead atoms. The molecule has 1 aromatic heterocycles. The summed E-state index contributed by atoms with van der Waals surface area (Å²) in [6.45, 7) is 0.806. The summed E-state index contributed by atoms with van der Waals surface area (Å²) in [5, 5.41) is 3.08. The van der Waals surface area contributed by atoms with Crippen molar-refractivity contribution in [2.75, 3.05) is 7.05 Å². The van der Waals surface area contributed by atoms with E-state index in [1.165, 1.54) is 4.90 Å². The lowest BCUT2D eigenvalue weighted by Crippen LogP contribution is -2.06. The molecule has 1 N–H and O–H groups in total. The summed E-state index contributed by atoms with van der Waals surface area (Å²) in [5.74, 6) is 1.66. The Morgan fingerprint density at radius 3 is 2.44 bits per heavy atom. The first-order chi connectivity index (χ1) is 8.78. The fourth-order valence-corrected chi connectivity index (χ4v) is 2.47. The maximum atomic E-state index is 4.35. The zero-order chi connectivity index (χ0) is 12.8. The lowest BCUT2D eigenvalue weighted by molar-refractivity contribution is 0.801. The molecule has 0 amide bonds. The molecule has 18 heavy (non-hydrogen) atoms. The van der Waals surface area contributed by atoms with Crippen LogP contribution in [-0.4, -0.2) is 17.0 Å². The highest BCUT2D eigenvalue weighted by Gasteiger charge is 2.00. The largest absolute Gasteiger partial charge is 0.316 e. The molecule has 3 nitrogen and oxygen atoms in total. The second-order valence-corrected chi connectivity index (χ2v) is 5.74. The average Bonchev–Trinajstić information content (AvgIpc) is 2.40. The van der Waals surface area contributed by atoms with Crippen molar-refractivity contribution in [3.63, 3.8) is 0 Å². The number of aromatic nitrogens is 2. The molecule has 0 aliphatic rings. The highest BCUT2D eigenvalue weighted by atomic mass is 79.9. The number of halogens is 1. The van der Waals surface area contributed by atoms with Gasteiger partial charge in [-0.15, -0.1) is 11.8 Å². The normalized spacial score (nSPS) is 10.6. The minimum Gasteiger partial charge on any atom is -0.316 e. The van der Waals surface area contributed by atoms with Crippen molar-refractivity contribution in [3.05, 3.63) is 52.5 Å². The van der Waals surface area contributed by atoms with Crippen molar-refractivity contribution in [1.82, 2.24) is 15.3 Å². The molecule has 0 spiro atoms. The average molecular weight is 324 g/mol. The number of nitrogens with one attached hydrogen (secondary N) is 1. The predicted octanol–water partition coefficient (Wildman–Crippen LogP) is 3.25. The van der Waals surface area contributed by atoms with Gasteiger partial charge in [-0.1, -0.05) is 15.9 Å². The van der Waals surface area contributed by atoms with Crippen LogP contribution in [0.15, 0.2) is 46.0 Å². The van der Waals surface area contributed by atoms with E-state index in [0.717, 1.165) is 28.2 Å². The smallest absolute Gasteiger partial charge is 0.138 e. The Balaban J connectivity index is 1.91. The van der Waals surface area contributed by atoms with E-state index in [-0.39, 0.29) is 0 Å². The van der Waals surface area contributed by atoms with Crippen LogP contribution in [-0.2, 0) is 12.3 Å². The fourth-order valence-electron chi connectivity index (χ4n) is 1.43. The molecule has 0 fully saturated rings. The number of hydrogen-bond acceptors (Lipinski definition) is 4. The van der Waals surface area contributed by atoms with E-state index >= 15 is 0 Å². The lowest BCUT2D eigenvalue weighted by Gasteiger charge is -2.03. The summed E-state index contributed by atoms with van der Waals surface area (Å²) in [4.78, 5) is 9.92. The highest BCUT2D eigenvalue weighted by Crippen LogP contribution is 2.22. The third-order valence-corrected chi connectivity index (χ3v) is 3.86. The van der Waals surface area contributed by atoms with Gasteiger partial charge in [-0.2, -0.15) is 0 Å². The molecular formula is C13H14BrN3S. The van der Waals surface area contributed by atoms with Crippen LogP contribution in [0.3, 0.4) is 0 Å². The molecular weight excluding hydrogens is 310 g/mol. The summed E-state index contributed by atoms with van der Waals surface area (Å²) < 4.78 is 1.10. The van der Waals surface area contributed by atoms with E-state index in [4.69, 9.17) is 0 Å². The van der Waals surface area contributed by atoms with Crippen LogP contribution in [0.2, 0.25) is 0 Å². The summed E-state index contributed by atoms with van der Waals surface area (Å²) in [6, 6.07) is 8.26. The molecule has 5 heteroatoms. The van der Waals surface area contributed by atoms with Crippen molar-refractivity contribution in [3.8, 4) is 0 Å². The Bertz CT molecular complexity index is 485. The summed E-state index contributed by atoms with van der Waals surface area (Å²) >= 11 is 5.16. The van der Waals surface area contributed by atoms with Gasteiger partial charge in [-0.3, -0.25) is 0 Å². The first-order valence-corrected chi connectivity index (χ1v) is 7.38. The summed E-state index contributed by atoms with van der Waals surface area (Å²) in [6.07, 6.45) is 3.75. The maximum absolute atomic E-state index is 4.35. The SMILES string of the molecule is CNCc1cnc(CSc2ccc(Br)cc2)nc1. The van der Waals surface area contributed by atoms with Crippen LogP contribution in [0, 0.1) is 0 Å². The van der Waals surface area contributed by atoms with Gasteiger partial charge in [0.1, 0.15) is 5.82 Å². The van der Waals surface area contributed by atoms with E-state index < -0.39 is 0 Å². The van der Waals surface area contributed by atoms with Crippen molar-refractivity contribution in [2.24, 2.45) is 0 Å².